The van der Waals surface area contributed by atoms with Gasteiger partial charge in [-0.15, -0.1) is 0 Å². The van der Waals surface area contributed by atoms with E-state index in [2.05, 4.69) is 0 Å². The van der Waals surface area contributed by atoms with Crippen molar-refractivity contribution in [2.75, 3.05) is 0 Å². The first-order chi connectivity index (χ1) is 9.18. The van der Waals surface area contributed by atoms with E-state index < -0.39 is 23.2 Å². The average Bonchev–Trinajstić information content (AvgIpc) is 2.57. The molecule has 108 valence electrons. The predicted molar refractivity (Wildman–Crippen MR) is 76.7 cm³/mol. The SMILES string of the molecule is CC1(C)OB(c2ccc([N+](=O)[O-])cc2CN)OC1(C)C. The maximum absolute atomic E-state index is 10.8. The summed E-state index contributed by atoms with van der Waals surface area (Å²) in [7, 11) is -0.556. The normalized spacial score (nSPS) is 20.1. The van der Waals surface area contributed by atoms with Crippen molar-refractivity contribution in [2.45, 2.75) is 45.4 Å². The average molecular weight is 278 g/mol. The molecule has 1 aromatic rings. The predicted octanol–water partition coefficient (Wildman–Crippen LogP) is 1.35. The number of nitrogens with two attached hydrogens (primary N) is 1. The molecule has 1 aliphatic heterocycles. The minimum Gasteiger partial charge on any atom is -0.399 e. The molecule has 2 N–H and O–H groups in total. The van der Waals surface area contributed by atoms with Gasteiger partial charge in [0.1, 0.15) is 0 Å². The van der Waals surface area contributed by atoms with Gasteiger partial charge in [0, 0.05) is 18.7 Å². The minimum absolute atomic E-state index is 0.0192. The highest BCUT2D eigenvalue weighted by molar-refractivity contribution is 6.62. The molecular weight excluding hydrogens is 259 g/mol. The quantitative estimate of drug-likeness (QED) is 0.512. The number of hydrogen-bond donors (Lipinski definition) is 1. The first-order valence-electron chi connectivity index (χ1n) is 6.51. The van der Waals surface area contributed by atoms with Crippen LogP contribution in [-0.4, -0.2) is 23.2 Å². The Labute approximate surface area is 118 Å². The van der Waals surface area contributed by atoms with E-state index in [0.717, 1.165) is 5.46 Å². The van der Waals surface area contributed by atoms with Crippen molar-refractivity contribution in [3.05, 3.63) is 33.9 Å². The summed E-state index contributed by atoms with van der Waals surface area (Å²) in [5, 5.41) is 10.8. The summed E-state index contributed by atoms with van der Waals surface area (Å²) < 4.78 is 11.9. The van der Waals surface area contributed by atoms with Crippen LogP contribution < -0.4 is 11.2 Å². The van der Waals surface area contributed by atoms with Crippen LogP contribution in [0.3, 0.4) is 0 Å². The summed E-state index contributed by atoms with van der Waals surface area (Å²) in [6.45, 7) is 8.03. The Kier molecular flexibility index (Phi) is 3.62. The van der Waals surface area contributed by atoms with Crippen LogP contribution in [0.4, 0.5) is 5.69 Å². The third-order valence-electron chi connectivity index (χ3n) is 4.06. The molecule has 1 aromatic carbocycles. The molecule has 2 rings (SSSR count). The van der Waals surface area contributed by atoms with Crippen LogP contribution in [0.5, 0.6) is 0 Å². The Hall–Kier alpha value is -1.44. The molecule has 0 spiro atoms. The van der Waals surface area contributed by atoms with Crippen molar-refractivity contribution in [1.82, 2.24) is 0 Å². The summed E-state index contributed by atoms with van der Waals surface area (Å²) in [5.74, 6) is 0. The maximum Gasteiger partial charge on any atom is 0.495 e. The number of non-ortho nitro benzene ring substituents is 1. The molecule has 1 fully saturated rings. The molecule has 0 atom stereocenters. The highest BCUT2D eigenvalue weighted by atomic mass is 16.7. The van der Waals surface area contributed by atoms with Crippen LogP contribution in [0, 0.1) is 10.1 Å². The van der Waals surface area contributed by atoms with E-state index in [1.165, 1.54) is 12.1 Å². The molecule has 0 saturated carbocycles. The Bertz CT molecular complexity index is 529. The number of nitrogens with zero attached hydrogens (tertiary/aromatic N) is 1. The van der Waals surface area contributed by atoms with E-state index >= 15 is 0 Å². The fourth-order valence-corrected chi connectivity index (χ4v) is 2.08. The van der Waals surface area contributed by atoms with Gasteiger partial charge in [0.05, 0.1) is 16.1 Å². The second-order valence-corrected chi connectivity index (χ2v) is 5.93. The zero-order valence-corrected chi connectivity index (χ0v) is 12.2. The lowest BCUT2D eigenvalue weighted by Crippen LogP contribution is -2.41. The van der Waals surface area contributed by atoms with Gasteiger partial charge in [0.25, 0.3) is 5.69 Å². The van der Waals surface area contributed by atoms with E-state index in [-0.39, 0.29) is 12.2 Å². The van der Waals surface area contributed by atoms with Gasteiger partial charge in [0.15, 0.2) is 0 Å². The van der Waals surface area contributed by atoms with E-state index in [1.807, 2.05) is 27.7 Å². The summed E-state index contributed by atoms with van der Waals surface area (Å²) in [6, 6.07) is 4.57. The smallest absolute Gasteiger partial charge is 0.399 e. The molecule has 20 heavy (non-hydrogen) atoms. The molecule has 0 unspecified atom stereocenters. The largest absolute Gasteiger partial charge is 0.495 e. The monoisotopic (exact) mass is 278 g/mol. The van der Waals surface area contributed by atoms with Gasteiger partial charge >= 0.3 is 7.12 Å². The molecular formula is C13H19BN2O4. The Morgan fingerprint density at radius 2 is 1.80 bits per heavy atom. The molecule has 0 radical (unpaired) electrons. The highest BCUT2D eigenvalue weighted by Gasteiger charge is 2.52. The molecule has 0 aromatic heterocycles. The molecule has 1 aliphatic rings. The van der Waals surface area contributed by atoms with Gasteiger partial charge in [-0.05, 0) is 38.7 Å². The van der Waals surface area contributed by atoms with Gasteiger partial charge in [0.2, 0.25) is 0 Å². The second-order valence-electron chi connectivity index (χ2n) is 5.93. The van der Waals surface area contributed by atoms with E-state index in [0.29, 0.717) is 5.56 Å². The molecule has 0 bridgehead atoms. The molecule has 1 saturated heterocycles. The van der Waals surface area contributed by atoms with Crippen LogP contribution in [0.1, 0.15) is 33.3 Å². The third kappa shape index (κ3) is 2.44. The summed E-state index contributed by atoms with van der Waals surface area (Å²) in [4.78, 5) is 10.4. The van der Waals surface area contributed by atoms with Crippen molar-refractivity contribution in [2.24, 2.45) is 5.73 Å². The zero-order chi connectivity index (χ0) is 15.1. The highest BCUT2D eigenvalue weighted by Crippen LogP contribution is 2.36. The lowest BCUT2D eigenvalue weighted by molar-refractivity contribution is -0.384. The van der Waals surface area contributed by atoms with Crippen LogP contribution in [0.15, 0.2) is 18.2 Å². The van der Waals surface area contributed by atoms with Crippen LogP contribution in [0.2, 0.25) is 0 Å². The topological polar surface area (TPSA) is 87.6 Å². The van der Waals surface area contributed by atoms with E-state index in [4.69, 9.17) is 15.0 Å². The number of benzene rings is 1. The lowest BCUT2D eigenvalue weighted by atomic mass is 9.76. The van der Waals surface area contributed by atoms with Gasteiger partial charge in [-0.1, -0.05) is 6.07 Å². The van der Waals surface area contributed by atoms with Gasteiger partial charge in [-0.3, -0.25) is 10.1 Å². The Balaban J connectivity index is 2.37. The molecule has 1 heterocycles. The zero-order valence-electron chi connectivity index (χ0n) is 12.2. The summed E-state index contributed by atoms with van der Waals surface area (Å²) in [6.07, 6.45) is 0. The van der Waals surface area contributed by atoms with Gasteiger partial charge < -0.3 is 15.0 Å². The minimum atomic E-state index is -0.556. The van der Waals surface area contributed by atoms with Gasteiger partial charge in [-0.25, -0.2) is 0 Å². The van der Waals surface area contributed by atoms with E-state index in [9.17, 15) is 10.1 Å². The molecule has 6 nitrogen and oxygen atoms in total. The number of nitro benzene ring substituents is 1. The number of nitro groups is 1. The molecule has 0 aliphatic carbocycles. The fourth-order valence-electron chi connectivity index (χ4n) is 2.08. The molecule has 0 amide bonds. The van der Waals surface area contributed by atoms with E-state index in [1.54, 1.807) is 6.07 Å². The standard InChI is InChI=1S/C13H19BN2O4/c1-12(2)13(3,4)20-14(19-12)11-6-5-10(16(17)18)7-9(11)8-15/h5-7H,8,15H2,1-4H3. The van der Waals surface area contributed by atoms with Crippen LogP contribution in [0.25, 0.3) is 0 Å². The van der Waals surface area contributed by atoms with Crippen LogP contribution in [-0.2, 0) is 15.9 Å². The van der Waals surface area contributed by atoms with Crippen LogP contribution >= 0.6 is 0 Å². The summed E-state index contributed by atoms with van der Waals surface area (Å²) >= 11 is 0. The first-order valence-corrected chi connectivity index (χ1v) is 6.51. The number of hydrogen-bond acceptors (Lipinski definition) is 5. The van der Waals surface area contributed by atoms with Crippen molar-refractivity contribution in [3.63, 3.8) is 0 Å². The Morgan fingerprint density at radius 1 is 1.25 bits per heavy atom. The van der Waals surface area contributed by atoms with Gasteiger partial charge in [-0.2, -0.15) is 0 Å². The first kappa shape index (κ1) is 15.0. The third-order valence-corrected chi connectivity index (χ3v) is 4.06. The fraction of sp³-hybridized carbons (Fsp3) is 0.538. The Morgan fingerprint density at radius 3 is 2.25 bits per heavy atom. The molecule has 7 heteroatoms. The van der Waals surface area contributed by atoms with Crippen molar-refractivity contribution < 1.29 is 14.2 Å². The number of rotatable bonds is 3. The maximum atomic E-state index is 10.8. The van der Waals surface area contributed by atoms with Crippen molar-refractivity contribution >= 4 is 18.3 Å². The van der Waals surface area contributed by atoms with Crippen molar-refractivity contribution in [3.8, 4) is 0 Å². The van der Waals surface area contributed by atoms with Crippen molar-refractivity contribution in [1.29, 1.82) is 0 Å². The lowest BCUT2D eigenvalue weighted by Gasteiger charge is -2.32. The summed E-state index contributed by atoms with van der Waals surface area (Å²) in [5.41, 5.74) is 6.21. The second kappa shape index (κ2) is 4.84.